The molecule has 0 aliphatic rings. The Bertz CT molecular complexity index is 427. The number of aromatic nitrogens is 1. The van der Waals surface area contributed by atoms with Gasteiger partial charge in [-0.2, -0.15) is 0 Å². The number of hydrogen-bond donors (Lipinski definition) is 1. The molecule has 0 spiro atoms. The van der Waals surface area contributed by atoms with Crippen molar-refractivity contribution < 1.29 is 18.3 Å². The molecule has 4 nitrogen and oxygen atoms in total. The van der Waals surface area contributed by atoms with Gasteiger partial charge in [-0.25, -0.2) is 13.8 Å². The summed E-state index contributed by atoms with van der Waals surface area (Å²) in [5, 5.41) is -0.214. The van der Waals surface area contributed by atoms with Crippen LogP contribution in [0.25, 0.3) is 0 Å². The van der Waals surface area contributed by atoms with Crippen molar-refractivity contribution >= 4 is 23.4 Å². The lowest BCUT2D eigenvalue weighted by Crippen LogP contribution is -2.13. The molecule has 0 unspecified atom stereocenters. The summed E-state index contributed by atoms with van der Waals surface area (Å²) < 4.78 is 30.2. The SMILES string of the molecule is CCOC(=O)Cc1c(N)ncc(Cl)c1C(F)F. The molecule has 1 heterocycles. The summed E-state index contributed by atoms with van der Waals surface area (Å²) in [6.45, 7) is 1.78. The van der Waals surface area contributed by atoms with Crippen LogP contribution in [0.1, 0.15) is 24.5 Å². The molecule has 0 aliphatic heterocycles. The number of nitrogens with two attached hydrogens (primary N) is 1. The molecule has 0 aliphatic carbocycles. The maximum Gasteiger partial charge on any atom is 0.310 e. The van der Waals surface area contributed by atoms with Crippen LogP contribution in [0, 0.1) is 0 Å². The highest BCUT2D eigenvalue weighted by Gasteiger charge is 2.22. The number of alkyl halides is 2. The zero-order valence-electron chi connectivity index (χ0n) is 9.04. The van der Waals surface area contributed by atoms with E-state index >= 15 is 0 Å². The van der Waals surface area contributed by atoms with E-state index < -0.39 is 18.0 Å². The van der Waals surface area contributed by atoms with E-state index in [1.807, 2.05) is 0 Å². The van der Waals surface area contributed by atoms with Crippen LogP contribution in [0.15, 0.2) is 6.20 Å². The number of nitrogens with zero attached hydrogens (tertiary/aromatic N) is 1. The largest absolute Gasteiger partial charge is 0.466 e. The second-order valence-corrected chi connectivity index (χ2v) is 3.57. The quantitative estimate of drug-likeness (QED) is 0.848. The molecule has 7 heteroatoms. The van der Waals surface area contributed by atoms with E-state index in [1.54, 1.807) is 6.92 Å². The van der Waals surface area contributed by atoms with Crippen molar-refractivity contribution in [2.45, 2.75) is 19.8 Å². The van der Waals surface area contributed by atoms with E-state index in [0.29, 0.717) is 0 Å². The lowest BCUT2D eigenvalue weighted by atomic mass is 10.1. The van der Waals surface area contributed by atoms with Crippen molar-refractivity contribution in [1.82, 2.24) is 4.98 Å². The Hall–Kier alpha value is -1.43. The molecule has 17 heavy (non-hydrogen) atoms. The molecule has 0 saturated heterocycles. The summed E-state index contributed by atoms with van der Waals surface area (Å²) in [6.07, 6.45) is -2.16. The maximum atomic E-state index is 12.8. The van der Waals surface area contributed by atoms with E-state index in [4.69, 9.17) is 17.3 Å². The summed E-state index contributed by atoms with van der Waals surface area (Å²) in [6, 6.07) is 0. The van der Waals surface area contributed by atoms with E-state index in [1.165, 1.54) is 0 Å². The van der Waals surface area contributed by atoms with E-state index in [0.717, 1.165) is 6.20 Å². The Morgan fingerprint density at radius 3 is 2.82 bits per heavy atom. The second kappa shape index (κ2) is 5.77. The third kappa shape index (κ3) is 3.26. The highest BCUT2D eigenvalue weighted by atomic mass is 35.5. The summed E-state index contributed by atoms with van der Waals surface area (Å²) in [5.41, 5.74) is 4.92. The van der Waals surface area contributed by atoms with Crippen molar-refractivity contribution in [3.8, 4) is 0 Å². The Morgan fingerprint density at radius 2 is 2.29 bits per heavy atom. The Balaban J connectivity index is 3.12. The van der Waals surface area contributed by atoms with Crippen LogP contribution in [0.5, 0.6) is 0 Å². The van der Waals surface area contributed by atoms with Gasteiger partial charge in [-0.15, -0.1) is 0 Å². The molecule has 1 aromatic heterocycles. The first-order chi connectivity index (χ1) is 7.97. The molecule has 2 N–H and O–H groups in total. The van der Waals surface area contributed by atoms with Crippen LogP contribution >= 0.6 is 11.6 Å². The molecule has 0 radical (unpaired) electrons. The van der Waals surface area contributed by atoms with Gasteiger partial charge in [-0.1, -0.05) is 11.6 Å². The molecule has 0 bridgehead atoms. The number of anilines is 1. The van der Waals surface area contributed by atoms with Crippen molar-refractivity contribution in [3.63, 3.8) is 0 Å². The fourth-order valence-electron chi connectivity index (χ4n) is 1.33. The number of hydrogen-bond acceptors (Lipinski definition) is 4. The molecule has 0 saturated carbocycles. The second-order valence-electron chi connectivity index (χ2n) is 3.17. The van der Waals surface area contributed by atoms with Gasteiger partial charge in [-0.05, 0) is 6.92 Å². The molecule has 1 aromatic rings. The standard InChI is InChI=1S/C10H11ClF2N2O2/c1-2-17-7(16)3-5-8(9(12)13)6(11)4-15-10(5)14/h4,9H,2-3H2,1H3,(H2,14,15). The number of carbonyl (C=O) groups excluding carboxylic acids is 1. The number of pyridine rings is 1. The first-order valence-corrected chi connectivity index (χ1v) is 5.21. The highest BCUT2D eigenvalue weighted by molar-refractivity contribution is 6.31. The normalized spacial score (nSPS) is 10.6. The van der Waals surface area contributed by atoms with Gasteiger partial charge >= 0.3 is 5.97 Å². The van der Waals surface area contributed by atoms with Crippen molar-refractivity contribution in [2.24, 2.45) is 0 Å². The molecule has 0 amide bonds. The summed E-state index contributed by atoms with van der Waals surface area (Å²) >= 11 is 5.61. The van der Waals surface area contributed by atoms with Crippen LogP contribution in [0.4, 0.5) is 14.6 Å². The maximum absolute atomic E-state index is 12.8. The molecule has 1 rings (SSSR count). The number of halogens is 3. The zero-order valence-corrected chi connectivity index (χ0v) is 9.80. The fraction of sp³-hybridized carbons (Fsp3) is 0.400. The predicted molar refractivity (Wildman–Crippen MR) is 59.0 cm³/mol. The van der Waals surface area contributed by atoms with Crippen LogP contribution in [-0.2, 0) is 16.0 Å². The molecule has 0 aromatic carbocycles. The van der Waals surface area contributed by atoms with Gasteiger partial charge < -0.3 is 10.5 Å². The third-order valence-electron chi connectivity index (χ3n) is 2.05. The van der Waals surface area contributed by atoms with E-state index in [2.05, 4.69) is 9.72 Å². The van der Waals surface area contributed by atoms with Crippen molar-refractivity contribution in [2.75, 3.05) is 12.3 Å². The highest BCUT2D eigenvalue weighted by Crippen LogP contribution is 2.32. The Kier molecular flexibility index (Phi) is 4.62. The van der Waals surface area contributed by atoms with Crippen molar-refractivity contribution in [1.29, 1.82) is 0 Å². The zero-order chi connectivity index (χ0) is 13.0. The lowest BCUT2D eigenvalue weighted by molar-refractivity contribution is -0.142. The number of carbonyl (C=O) groups is 1. The van der Waals surface area contributed by atoms with Crippen LogP contribution in [-0.4, -0.2) is 17.6 Å². The minimum atomic E-state index is -2.82. The van der Waals surface area contributed by atoms with Gasteiger partial charge in [0.1, 0.15) is 5.82 Å². The monoisotopic (exact) mass is 264 g/mol. The smallest absolute Gasteiger partial charge is 0.310 e. The van der Waals surface area contributed by atoms with Gasteiger partial charge in [0.2, 0.25) is 0 Å². The molecule has 0 fully saturated rings. The van der Waals surface area contributed by atoms with E-state index in [-0.39, 0.29) is 29.4 Å². The number of ether oxygens (including phenoxy) is 1. The third-order valence-corrected chi connectivity index (χ3v) is 2.35. The van der Waals surface area contributed by atoms with Gasteiger partial charge in [0, 0.05) is 17.3 Å². The lowest BCUT2D eigenvalue weighted by Gasteiger charge is -2.12. The van der Waals surface area contributed by atoms with Crippen molar-refractivity contribution in [3.05, 3.63) is 22.3 Å². The van der Waals surface area contributed by atoms with E-state index in [9.17, 15) is 13.6 Å². The van der Waals surface area contributed by atoms with Gasteiger partial charge in [0.05, 0.1) is 18.1 Å². The van der Waals surface area contributed by atoms with Crippen LogP contribution < -0.4 is 5.73 Å². The average Bonchev–Trinajstić information content (AvgIpc) is 2.23. The summed E-state index contributed by atoms with van der Waals surface area (Å²) in [7, 11) is 0. The van der Waals surface area contributed by atoms with Crippen LogP contribution in [0.2, 0.25) is 5.02 Å². The van der Waals surface area contributed by atoms with Crippen LogP contribution in [0.3, 0.4) is 0 Å². The van der Waals surface area contributed by atoms with Gasteiger partial charge in [0.25, 0.3) is 6.43 Å². The molecular weight excluding hydrogens is 254 g/mol. The summed E-state index contributed by atoms with van der Waals surface area (Å²) in [4.78, 5) is 14.9. The summed E-state index contributed by atoms with van der Waals surface area (Å²) in [5.74, 6) is -0.789. The predicted octanol–water partition coefficient (Wildman–Crippen LogP) is 2.36. The first-order valence-electron chi connectivity index (χ1n) is 4.83. The Labute approximate surface area is 102 Å². The number of rotatable bonds is 4. The molecule has 0 atom stereocenters. The first kappa shape index (κ1) is 13.6. The topological polar surface area (TPSA) is 65.2 Å². The van der Waals surface area contributed by atoms with Gasteiger partial charge in [0.15, 0.2) is 0 Å². The Morgan fingerprint density at radius 1 is 1.65 bits per heavy atom. The fourth-order valence-corrected chi connectivity index (χ4v) is 1.58. The minimum absolute atomic E-state index is 0.0778. The molecule has 94 valence electrons. The molecular formula is C10H11ClF2N2O2. The minimum Gasteiger partial charge on any atom is -0.466 e. The number of esters is 1. The van der Waals surface area contributed by atoms with Gasteiger partial charge in [-0.3, -0.25) is 4.79 Å². The average molecular weight is 265 g/mol. The number of nitrogen functional groups attached to an aromatic ring is 1.